The van der Waals surface area contributed by atoms with E-state index in [2.05, 4.69) is 31.3 Å². The summed E-state index contributed by atoms with van der Waals surface area (Å²) in [6.07, 6.45) is 3.55. The number of aliphatic hydroxyl groups excluding tert-OH is 1. The third-order valence-corrected chi connectivity index (χ3v) is 7.67. The zero-order valence-corrected chi connectivity index (χ0v) is 17.2. The molecule has 2 aliphatic carbocycles. The molecule has 2 saturated carbocycles. The number of ether oxygens (including phenoxy) is 2. The average molecular weight is 388 g/mol. The van der Waals surface area contributed by atoms with Crippen LogP contribution >= 0.6 is 0 Å². The Hall–Kier alpha value is -1.59. The molecule has 154 valence electrons. The summed E-state index contributed by atoms with van der Waals surface area (Å²) in [5.41, 5.74) is 1.36. The van der Waals surface area contributed by atoms with Gasteiger partial charge in [0.2, 0.25) is 5.91 Å². The third-order valence-electron chi connectivity index (χ3n) is 7.67. The molecular weight excluding hydrogens is 354 g/mol. The zero-order valence-electron chi connectivity index (χ0n) is 17.2. The second-order valence-electron chi connectivity index (χ2n) is 9.32. The highest BCUT2D eigenvalue weighted by molar-refractivity contribution is 5.76. The standard InChI is InChI=1S/C23H33NO4/c1-4-27-17-7-5-15(6-8-17)20-18-13-16-14-23(18,10-12-28-20)21(22(16,2)3)24-19(26)9-11-25/h5-8,16,18,20-21,25H,4,9-14H2,1-3H3,(H,24,26)/t16-,18-,20-,21-,23-/m1/s1. The maximum atomic E-state index is 12.4. The van der Waals surface area contributed by atoms with Gasteiger partial charge in [-0.15, -0.1) is 0 Å². The molecule has 3 fully saturated rings. The summed E-state index contributed by atoms with van der Waals surface area (Å²) in [4.78, 5) is 12.4. The molecule has 5 atom stereocenters. The van der Waals surface area contributed by atoms with Crippen molar-refractivity contribution >= 4 is 5.91 Å². The van der Waals surface area contributed by atoms with E-state index < -0.39 is 0 Å². The van der Waals surface area contributed by atoms with Crippen molar-refractivity contribution in [3.8, 4) is 5.75 Å². The van der Waals surface area contributed by atoms with Crippen molar-refractivity contribution in [2.75, 3.05) is 19.8 Å². The van der Waals surface area contributed by atoms with Crippen molar-refractivity contribution < 1.29 is 19.4 Å². The monoisotopic (exact) mass is 387 g/mol. The maximum absolute atomic E-state index is 12.4. The second-order valence-corrected chi connectivity index (χ2v) is 9.32. The molecule has 1 saturated heterocycles. The molecule has 5 nitrogen and oxygen atoms in total. The van der Waals surface area contributed by atoms with Gasteiger partial charge in [0.1, 0.15) is 5.75 Å². The van der Waals surface area contributed by atoms with Crippen molar-refractivity contribution in [2.24, 2.45) is 22.7 Å². The van der Waals surface area contributed by atoms with Crippen LogP contribution in [-0.2, 0) is 9.53 Å². The minimum absolute atomic E-state index is 0.0367. The van der Waals surface area contributed by atoms with Crippen LogP contribution in [0.2, 0.25) is 0 Å². The lowest BCUT2D eigenvalue weighted by atomic mass is 9.59. The first kappa shape index (κ1) is 19.7. The molecule has 0 radical (unpaired) electrons. The summed E-state index contributed by atoms with van der Waals surface area (Å²) >= 11 is 0. The van der Waals surface area contributed by atoms with Gasteiger partial charge in [-0.3, -0.25) is 4.79 Å². The first-order valence-electron chi connectivity index (χ1n) is 10.7. The Balaban J connectivity index is 1.61. The molecule has 1 spiro atoms. The number of fused-ring (bicyclic) bond motifs is 1. The number of amides is 1. The highest BCUT2D eigenvalue weighted by atomic mass is 16.5. The number of nitrogens with one attached hydrogen (secondary N) is 1. The number of hydrogen-bond acceptors (Lipinski definition) is 4. The van der Waals surface area contributed by atoms with Gasteiger partial charge >= 0.3 is 0 Å². The summed E-state index contributed by atoms with van der Waals surface area (Å²) in [7, 11) is 0. The zero-order chi connectivity index (χ0) is 19.9. The molecule has 5 heteroatoms. The number of benzene rings is 1. The van der Waals surface area contributed by atoms with E-state index in [9.17, 15) is 4.79 Å². The van der Waals surface area contributed by atoms with Crippen LogP contribution in [0.15, 0.2) is 24.3 Å². The fourth-order valence-electron chi connectivity index (χ4n) is 6.37. The Morgan fingerprint density at radius 3 is 2.75 bits per heavy atom. The van der Waals surface area contributed by atoms with Crippen LogP contribution in [0, 0.1) is 22.7 Å². The smallest absolute Gasteiger partial charge is 0.222 e. The first-order chi connectivity index (χ1) is 13.4. The van der Waals surface area contributed by atoms with Gasteiger partial charge in [-0.05, 0) is 66.5 Å². The first-order valence-corrected chi connectivity index (χ1v) is 10.7. The van der Waals surface area contributed by atoms with Gasteiger partial charge in [-0.25, -0.2) is 0 Å². The van der Waals surface area contributed by atoms with Crippen molar-refractivity contribution in [2.45, 2.75) is 58.6 Å². The molecule has 28 heavy (non-hydrogen) atoms. The van der Waals surface area contributed by atoms with Crippen LogP contribution in [0.3, 0.4) is 0 Å². The average Bonchev–Trinajstić information content (AvgIpc) is 3.16. The Kier molecular flexibility index (Phi) is 5.17. The fraction of sp³-hybridized carbons (Fsp3) is 0.696. The summed E-state index contributed by atoms with van der Waals surface area (Å²) in [5, 5.41) is 12.5. The molecule has 1 aromatic rings. The van der Waals surface area contributed by atoms with Gasteiger partial charge < -0.3 is 19.9 Å². The molecule has 0 aromatic heterocycles. The Labute approximate surface area is 167 Å². The van der Waals surface area contributed by atoms with E-state index in [0.29, 0.717) is 18.4 Å². The molecular formula is C23H33NO4. The van der Waals surface area contributed by atoms with Crippen LogP contribution < -0.4 is 10.1 Å². The topological polar surface area (TPSA) is 67.8 Å². The van der Waals surface area contributed by atoms with E-state index in [0.717, 1.165) is 31.6 Å². The van der Waals surface area contributed by atoms with Gasteiger partial charge in [0.05, 0.1) is 19.3 Å². The van der Waals surface area contributed by atoms with Gasteiger partial charge in [0.25, 0.3) is 0 Å². The summed E-state index contributed by atoms with van der Waals surface area (Å²) in [5.74, 6) is 1.85. The summed E-state index contributed by atoms with van der Waals surface area (Å²) < 4.78 is 11.9. The highest BCUT2D eigenvalue weighted by Gasteiger charge is 2.68. The van der Waals surface area contributed by atoms with Crippen LogP contribution in [-0.4, -0.2) is 36.9 Å². The van der Waals surface area contributed by atoms with Crippen molar-refractivity contribution in [3.05, 3.63) is 29.8 Å². The number of rotatable bonds is 6. The lowest BCUT2D eigenvalue weighted by Crippen LogP contribution is -2.59. The Morgan fingerprint density at radius 2 is 2.07 bits per heavy atom. The molecule has 0 unspecified atom stereocenters. The number of carbonyl (C=O) groups is 1. The number of hydrogen-bond donors (Lipinski definition) is 2. The maximum Gasteiger partial charge on any atom is 0.222 e. The molecule has 2 bridgehead atoms. The van der Waals surface area contributed by atoms with Gasteiger partial charge in [-0.2, -0.15) is 0 Å². The lowest BCUT2D eigenvalue weighted by molar-refractivity contribution is -0.137. The van der Waals surface area contributed by atoms with E-state index in [1.165, 1.54) is 5.56 Å². The second kappa shape index (κ2) is 7.34. The highest BCUT2D eigenvalue weighted by Crippen LogP contribution is 2.70. The quantitative estimate of drug-likeness (QED) is 0.784. The largest absolute Gasteiger partial charge is 0.494 e. The molecule has 4 rings (SSSR count). The molecule has 1 aliphatic heterocycles. The summed E-state index contributed by atoms with van der Waals surface area (Å²) in [6.45, 7) is 7.88. The number of aliphatic hydroxyl groups is 1. The van der Waals surface area contributed by atoms with Crippen LogP contribution in [0.25, 0.3) is 0 Å². The lowest BCUT2D eigenvalue weighted by Gasteiger charge is -2.53. The predicted molar refractivity (Wildman–Crippen MR) is 107 cm³/mol. The normalized spacial score (nSPS) is 35.4. The van der Waals surface area contributed by atoms with E-state index in [4.69, 9.17) is 14.6 Å². The van der Waals surface area contributed by atoms with Crippen LogP contribution in [0.4, 0.5) is 0 Å². The van der Waals surface area contributed by atoms with Gasteiger partial charge in [0, 0.05) is 19.1 Å². The van der Waals surface area contributed by atoms with Crippen molar-refractivity contribution in [3.63, 3.8) is 0 Å². The fourth-order valence-corrected chi connectivity index (χ4v) is 6.37. The van der Waals surface area contributed by atoms with E-state index in [1.54, 1.807) is 0 Å². The Bertz CT molecular complexity index is 716. The third kappa shape index (κ3) is 3.03. The summed E-state index contributed by atoms with van der Waals surface area (Å²) in [6, 6.07) is 8.45. The Morgan fingerprint density at radius 1 is 1.32 bits per heavy atom. The van der Waals surface area contributed by atoms with Crippen LogP contribution in [0.1, 0.15) is 58.1 Å². The molecule has 3 aliphatic rings. The van der Waals surface area contributed by atoms with E-state index in [-0.39, 0.29) is 41.9 Å². The predicted octanol–water partition coefficient (Wildman–Crippen LogP) is 3.47. The minimum Gasteiger partial charge on any atom is -0.494 e. The van der Waals surface area contributed by atoms with E-state index in [1.807, 2.05) is 19.1 Å². The van der Waals surface area contributed by atoms with Gasteiger partial charge in [0.15, 0.2) is 0 Å². The molecule has 1 amide bonds. The van der Waals surface area contributed by atoms with E-state index >= 15 is 0 Å². The molecule has 2 N–H and O–H groups in total. The van der Waals surface area contributed by atoms with Crippen LogP contribution in [0.5, 0.6) is 5.75 Å². The van der Waals surface area contributed by atoms with Crippen molar-refractivity contribution in [1.29, 1.82) is 0 Å². The van der Waals surface area contributed by atoms with Crippen molar-refractivity contribution in [1.82, 2.24) is 5.32 Å². The molecule has 1 heterocycles. The van der Waals surface area contributed by atoms with Gasteiger partial charge in [-0.1, -0.05) is 26.0 Å². The minimum atomic E-state index is -0.100. The molecule has 1 aromatic carbocycles. The SMILES string of the molecule is CCOc1ccc([C@H]2OCC[C@@]34C[C@@H](C[C@H]23)C(C)(C)[C@H]4NC(=O)CCO)cc1. The number of carbonyl (C=O) groups excluding carboxylic acids is 1.